The molecule has 0 aliphatic rings. The molecule has 1 rings (SSSR count). The standard InChI is InChI=1S/C22H33N3O5S/c1-14(2)12-18(20(27)24-17(22(29)30)10-11-31-4)25-21(28)19(23-15(3)26)13-16-8-6-5-7-9-16/h5-9,14,17-19H,10-13H2,1-4H3,(H,23,26)(H,24,27)(H,25,28)(H,29,30)/t17-,18-,19-/m0/s1. The van der Waals surface area contributed by atoms with Crippen molar-refractivity contribution in [2.75, 3.05) is 12.0 Å². The molecule has 0 heterocycles. The third-order valence-electron chi connectivity index (χ3n) is 4.54. The summed E-state index contributed by atoms with van der Waals surface area (Å²) in [5.74, 6) is -1.84. The van der Waals surface area contributed by atoms with E-state index < -0.39 is 35.9 Å². The molecule has 0 aliphatic carbocycles. The maximum absolute atomic E-state index is 12.9. The quantitative estimate of drug-likeness (QED) is 0.361. The zero-order valence-electron chi connectivity index (χ0n) is 18.5. The second-order valence-corrected chi connectivity index (χ2v) is 8.80. The minimum absolute atomic E-state index is 0.0823. The maximum Gasteiger partial charge on any atom is 0.326 e. The van der Waals surface area contributed by atoms with Gasteiger partial charge in [-0.2, -0.15) is 11.8 Å². The number of thioether (sulfide) groups is 1. The number of hydrogen-bond acceptors (Lipinski definition) is 5. The predicted octanol–water partition coefficient (Wildman–Crippen LogP) is 1.59. The highest BCUT2D eigenvalue weighted by molar-refractivity contribution is 7.98. The van der Waals surface area contributed by atoms with Crippen molar-refractivity contribution >= 4 is 35.5 Å². The van der Waals surface area contributed by atoms with Crippen molar-refractivity contribution in [1.82, 2.24) is 16.0 Å². The molecule has 0 fully saturated rings. The molecule has 0 aliphatic heterocycles. The van der Waals surface area contributed by atoms with Gasteiger partial charge >= 0.3 is 5.97 Å². The van der Waals surface area contributed by atoms with Crippen molar-refractivity contribution < 1.29 is 24.3 Å². The van der Waals surface area contributed by atoms with Gasteiger partial charge in [-0.25, -0.2) is 4.79 Å². The van der Waals surface area contributed by atoms with Gasteiger partial charge in [-0.3, -0.25) is 14.4 Å². The van der Waals surface area contributed by atoms with E-state index in [2.05, 4.69) is 16.0 Å². The highest BCUT2D eigenvalue weighted by Crippen LogP contribution is 2.09. The zero-order chi connectivity index (χ0) is 23.4. The maximum atomic E-state index is 12.9. The number of carboxylic acids is 1. The summed E-state index contributed by atoms with van der Waals surface area (Å²) in [6.07, 6.45) is 2.75. The van der Waals surface area contributed by atoms with Crippen LogP contribution in [0.3, 0.4) is 0 Å². The molecular formula is C22H33N3O5S. The first-order valence-electron chi connectivity index (χ1n) is 10.3. The first kappa shape index (κ1) is 26.5. The van der Waals surface area contributed by atoms with Gasteiger partial charge in [-0.05, 0) is 36.3 Å². The van der Waals surface area contributed by atoms with Gasteiger partial charge in [-0.15, -0.1) is 0 Å². The number of nitrogens with one attached hydrogen (secondary N) is 3. The van der Waals surface area contributed by atoms with Crippen LogP contribution in [0.2, 0.25) is 0 Å². The molecule has 0 spiro atoms. The summed E-state index contributed by atoms with van der Waals surface area (Å²) in [7, 11) is 0. The number of carbonyl (C=O) groups is 4. The monoisotopic (exact) mass is 451 g/mol. The molecule has 3 atom stereocenters. The van der Waals surface area contributed by atoms with E-state index in [0.29, 0.717) is 12.2 Å². The molecule has 1 aromatic carbocycles. The Labute approximate surface area is 187 Å². The average molecular weight is 452 g/mol. The van der Waals surface area contributed by atoms with Crippen LogP contribution in [0.5, 0.6) is 0 Å². The van der Waals surface area contributed by atoms with Crippen LogP contribution < -0.4 is 16.0 Å². The normalized spacial score (nSPS) is 13.7. The van der Waals surface area contributed by atoms with Crippen LogP contribution in [-0.4, -0.2) is 58.9 Å². The molecular weight excluding hydrogens is 418 g/mol. The number of hydrogen-bond donors (Lipinski definition) is 4. The van der Waals surface area contributed by atoms with Gasteiger partial charge in [0.15, 0.2) is 0 Å². The second-order valence-electron chi connectivity index (χ2n) is 7.81. The molecule has 0 aromatic heterocycles. The summed E-state index contributed by atoms with van der Waals surface area (Å²) >= 11 is 1.49. The smallest absolute Gasteiger partial charge is 0.326 e. The first-order valence-corrected chi connectivity index (χ1v) is 11.7. The lowest BCUT2D eigenvalue weighted by atomic mass is 10.0. The minimum atomic E-state index is -1.11. The van der Waals surface area contributed by atoms with Crippen LogP contribution in [0, 0.1) is 5.92 Å². The number of carboxylic acid groups (broad SMARTS) is 1. The fourth-order valence-corrected chi connectivity index (χ4v) is 3.52. The Morgan fingerprint density at radius 1 is 0.935 bits per heavy atom. The molecule has 8 nitrogen and oxygen atoms in total. The molecule has 0 bridgehead atoms. The predicted molar refractivity (Wildman–Crippen MR) is 122 cm³/mol. The van der Waals surface area contributed by atoms with Crippen LogP contribution in [0.4, 0.5) is 0 Å². The Hall–Kier alpha value is -2.55. The zero-order valence-corrected chi connectivity index (χ0v) is 19.3. The van der Waals surface area contributed by atoms with Gasteiger partial charge in [0.25, 0.3) is 0 Å². The highest BCUT2D eigenvalue weighted by atomic mass is 32.2. The van der Waals surface area contributed by atoms with Crippen molar-refractivity contribution in [2.24, 2.45) is 5.92 Å². The van der Waals surface area contributed by atoms with Gasteiger partial charge in [0, 0.05) is 13.3 Å². The van der Waals surface area contributed by atoms with Gasteiger partial charge in [0.2, 0.25) is 17.7 Å². The lowest BCUT2D eigenvalue weighted by Gasteiger charge is -2.25. The van der Waals surface area contributed by atoms with Crippen LogP contribution in [-0.2, 0) is 25.6 Å². The summed E-state index contributed by atoms with van der Waals surface area (Å²) in [5.41, 5.74) is 0.865. The number of amides is 3. The van der Waals surface area contributed by atoms with Crippen LogP contribution in [0.25, 0.3) is 0 Å². The Bertz CT molecular complexity index is 742. The second kappa shape index (κ2) is 13.7. The van der Waals surface area contributed by atoms with Crippen LogP contribution >= 0.6 is 11.8 Å². The van der Waals surface area contributed by atoms with E-state index in [-0.39, 0.29) is 24.7 Å². The Morgan fingerprint density at radius 2 is 1.52 bits per heavy atom. The van der Waals surface area contributed by atoms with Gasteiger partial charge in [0.1, 0.15) is 18.1 Å². The van der Waals surface area contributed by atoms with E-state index in [1.165, 1.54) is 18.7 Å². The largest absolute Gasteiger partial charge is 0.480 e. The Morgan fingerprint density at radius 3 is 2.03 bits per heavy atom. The number of carbonyl (C=O) groups excluding carboxylic acids is 3. The molecule has 0 radical (unpaired) electrons. The average Bonchev–Trinajstić information content (AvgIpc) is 2.69. The van der Waals surface area contributed by atoms with Crippen LogP contribution in [0.15, 0.2) is 30.3 Å². The molecule has 1 aromatic rings. The van der Waals surface area contributed by atoms with Crippen LogP contribution in [0.1, 0.15) is 39.2 Å². The first-order chi connectivity index (χ1) is 14.6. The van der Waals surface area contributed by atoms with Crippen molar-refractivity contribution in [1.29, 1.82) is 0 Å². The Kier molecular flexibility index (Phi) is 11.7. The van der Waals surface area contributed by atoms with Crippen molar-refractivity contribution in [2.45, 2.75) is 58.2 Å². The molecule has 31 heavy (non-hydrogen) atoms. The van der Waals surface area contributed by atoms with Crippen molar-refractivity contribution in [3.8, 4) is 0 Å². The third-order valence-corrected chi connectivity index (χ3v) is 5.19. The lowest BCUT2D eigenvalue weighted by Crippen LogP contribution is -2.56. The third kappa shape index (κ3) is 10.3. The molecule has 9 heteroatoms. The molecule has 0 unspecified atom stereocenters. The fourth-order valence-electron chi connectivity index (χ4n) is 3.05. The SMILES string of the molecule is CSCC[C@H](NC(=O)[C@H](CC(C)C)NC(=O)[C@H](Cc1ccccc1)NC(C)=O)C(=O)O. The summed E-state index contributed by atoms with van der Waals surface area (Å²) in [5, 5.41) is 17.3. The summed E-state index contributed by atoms with van der Waals surface area (Å²) < 4.78 is 0. The number of rotatable bonds is 13. The van der Waals surface area contributed by atoms with E-state index in [1.54, 1.807) is 0 Å². The van der Waals surface area contributed by atoms with E-state index in [4.69, 9.17) is 0 Å². The molecule has 0 saturated carbocycles. The molecule has 3 amide bonds. The molecule has 4 N–H and O–H groups in total. The fraction of sp³-hybridized carbons (Fsp3) is 0.545. The van der Waals surface area contributed by atoms with E-state index in [0.717, 1.165) is 5.56 Å². The van der Waals surface area contributed by atoms with Gasteiger partial charge in [0.05, 0.1) is 0 Å². The van der Waals surface area contributed by atoms with E-state index in [1.807, 2.05) is 50.4 Å². The van der Waals surface area contributed by atoms with E-state index >= 15 is 0 Å². The summed E-state index contributed by atoms with van der Waals surface area (Å²) in [6, 6.07) is 6.46. The van der Waals surface area contributed by atoms with E-state index in [9.17, 15) is 24.3 Å². The van der Waals surface area contributed by atoms with Crippen molar-refractivity contribution in [3.63, 3.8) is 0 Å². The topological polar surface area (TPSA) is 125 Å². The molecule has 0 saturated heterocycles. The molecule has 172 valence electrons. The van der Waals surface area contributed by atoms with Gasteiger partial charge in [-0.1, -0.05) is 44.2 Å². The highest BCUT2D eigenvalue weighted by Gasteiger charge is 2.29. The Balaban J connectivity index is 2.94. The number of benzene rings is 1. The minimum Gasteiger partial charge on any atom is -0.480 e. The van der Waals surface area contributed by atoms with Crippen molar-refractivity contribution in [3.05, 3.63) is 35.9 Å². The van der Waals surface area contributed by atoms with Gasteiger partial charge < -0.3 is 21.1 Å². The summed E-state index contributed by atoms with van der Waals surface area (Å²) in [6.45, 7) is 5.14. The lowest BCUT2D eigenvalue weighted by molar-refractivity contribution is -0.142. The summed E-state index contributed by atoms with van der Waals surface area (Å²) in [4.78, 5) is 48.9. The number of aliphatic carboxylic acids is 1.